The van der Waals surface area contributed by atoms with Gasteiger partial charge in [-0.1, -0.05) is 48.5 Å². The molecule has 5 heteroatoms. The number of aromatic nitrogens is 1. The smallest absolute Gasteiger partial charge is 0.173 e. The molecule has 0 radical (unpaired) electrons. The molecule has 0 bridgehead atoms. The van der Waals surface area contributed by atoms with Crippen LogP contribution in [0.15, 0.2) is 72.9 Å². The second-order valence-electron chi connectivity index (χ2n) is 7.04. The van der Waals surface area contributed by atoms with Gasteiger partial charge in [-0.2, -0.15) is 0 Å². The summed E-state index contributed by atoms with van der Waals surface area (Å²) in [5, 5.41) is 4.23. The minimum Gasteiger partial charge on any atom is -1.00 e. The van der Waals surface area contributed by atoms with Crippen molar-refractivity contribution in [3.8, 4) is 0 Å². The molecule has 0 aliphatic heterocycles. The summed E-state index contributed by atoms with van der Waals surface area (Å²) in [6, 6.07) is 23.0. The van der Waals surface area contributed by atoms with Gasteiger partial charge in [-0.3, -0.25) is 4.98 Å². The van der Waals surface area contributed by atoms with E-state index in [0.29, 0.717) is 0 Å². The van der Waals surface area contributed by atoms with Crippen LogP contribution in [0.5, 0.6) is 0 Å². The van der Waals surface area contributed by atoms with E-state index in [1.807, 2.05) is 18.3 Å². The molecule has 3 aromatic rings. The van der Waals surface area contributed by atoms with Gasteiger partial charge in [-0.25, -0.2) is 0 Å². The van der Waals surface area contributed by atoms with Crippen molar-refractivity contribution >= 4 is 23.0 Å². The third-order valence-corrected chi connectivity index (χ3v) is 5.16. The van der Waals surface area contributed by atoms with Gasteiger partial charge < -0.3 is 22.6 Å². The Morgan fingerprint density at radius 2 is 1.66 bits per heavy atom. The maximum absolute atomic E-state index is 5.79. The summed E-state index contributed by atoms with van der Waals surface area (Å²) >= 11 is 5.79. The summed E-state index contributed by atoms with van der Waals surface area (Å²) in [5.41, 5.74) is 5.90. The first-order chi connectivity index (χ1) is 13.6. The van der Waals surface area contributed by atoms with Gasteiger partial charge in [0.2, 0.25) is 0 Å². The maximum Gasteiger partial charge on any atom is 0.173 e. The highest BCUT2D eigenvalue weighted by Crippen LogP contribution is 2.17. The lowest BCUT2D eigenvalue weighted by Gasteiger charge is -2.26. The molecule has 3 nitrogen and oxygen atoms in total. The van der Waals surface area contributed by atoms with Crippen LogP contribution >= 0.6 is 12.2 Å². The van der Waals surface area contributed by atoms with Crippen LogP contribution in [0.1, 0.15) is 22.4 Å². The fourth-order valence-electron chi connectivity index (χ4n) is 3.08. The van der Waals surface area contributed by atoms with E-state index >= 15 is 0 Å². The summed E-state index contributed by atoms with van der Waals surface area (Å²) in [4.78, 5) is 6.70. The quantitative estimate of drug-likeness (QED) is 0.588. The van der Waals surface area contributed by atoms with Crippen LogP contribution in [0.3, 0.4) is 0 Å². The Labute approximate surface area is 185 Å². The summed E-state index contributed by atoms with van der Waals surface area (Å²) in [6.45, 7) is 5.91. The standard InChI is InChI=1S/C24H27N3S.ClH/c1-19-11-12-20(2)23(18-19)26-24(28)27(16-13-21-8-4-3-5-9-21)17-14-22-10-6-7-15-25-22;/h3-12,15,18H,13-14,16-17H2,1-2H3,(H,26,28);1H/p-1. The monoisotopic (exact) mass is 424 g/mol. The third-order valence-electron chi connectivity index (χ3n) is 4.80. The fourth-order valence-corrected chi connectivity index (χ4v) is 3.38. The van der Waals surface area contributed by atoms with E-state index < -0.39 is 0 Å². The first kappa shape index (κ1) is 22.9. The van der Waals surface area contributed by atoms with Crippen molar-refractivity contribution in [2.75, 3.05) is 18.4 Å². The van der Waals surface area contributed by atoms with Crippen LogP contribution in [0, 0.1) is 13.8 Å². The topological polar surface area (TPSA) is 28.2 Å². The number of rotatable bonds is 7. The predicted octanol–water partition coefficient (Wildman–Crippen LogP) is 2.19. The SMILES string of the molecule is Cc1ccc(C)c(NC(=S)N(CCc2ccccc2)CCc2ccccn2)c1.[Cl-]. The highest BCUT2D eigenvalue weighted by atomic mass is 35.5. The van der Waals surface area contributed by atoms with Crippen LogP contribution in [-0.4, -0.2) is 28.1 Å². The molecule has 1 heterocycles. The predicted molar refractivity (Wildman–Crippen MR) is 122 cm³/mol. The van der Waals surface area contributed by atoms with Crippen molar-refractivity contribution in [3.05, 3.63) is 95.3 Å². The molecule has 0 atom stereocenters. The number of aryl methyl sites for hydroxylation is 2. The number of benzene rings is 2. The number of hydrogen-bond acceptors (Lipinski definition) is 2. The summed E-state index contributed by atoms with van der Waals surface area (Å²) in [5.74, 6) is 0. The van der Waals surface area contributed by atoms with Gasteiger partial charge >= 0.3 is 0 Å². The molecule has 0 spiro atoms. The van der Waals surface area contributed by atoms with Crippen LogP contribution in [0.4, 0.5) is 5.69 Å². The van der Waals surface area contributed by atoms with E-state index in [2.05, 4.69) is 83.6 Å². The highest BCUT2D eigenvalue weighted by molar-refractivity contribution is 7.80. The minimum atomic E-state index is 0. The second kappa shape index (κ2) is 11.5. The Kier molecular flexibility index (Phi) is 9.10. The van der Waals surface area contributed by atoms with Crippen molar-refractivity contribution in [2.45, 2.75) is 26.7 Å². The zero-order valence-electron chi connectivity index (χ0n) is 16.9. The normalized spacial score (nSPS) is 10.1. The Balaban J connectivity index is 0.00000300. The van der Waals surface area contributed by atoms with Crippen LogP contribution in [0.2, 0.25) is 0 Å². The number of nitrogens with zero attached hydrogens (tertiary/aromatic N) is 2. The number of nitrogens with one attached hydrogen (secondary N) is 1. The molecular weight excluding hydrogens is 398 g/mol. The van der Waals surface area contributed by atoms with Gasteiger partial charge in [-0.15, -0.1) is 0 Å². The van der Waals surface area contributed by atoms with E-state index in [9.17, 15) is 0 Å². The molecule has 0 aliphatic rings. The van der Waals surface area contributed by atoms with Gasteiger partial charge in [0, 0.05) is 37.1 Å². The average Bonchev–Trinajstić information content (AvgIpc) is 2.72. The van der Waals surface area contributed by atoms with Crippen LogP contribution in [0.25, 0.3) is 0 Å². The van der Waals surface area contributed by atoms with E-state index in [-0.39, 0.29) is 12.4 Å². The Morgan fingerprint density at radius 3 is 2.38 bits per heavy atom. The van der Waals surface area contributed by atoms with E-state index in [4.69, 9.17) is 12.2 Å². The molecule has 0 fully saturated rings. The molecule has 0 amide bonds. The van der Waals surface area contributed by atoms with Gasteiger partial charge in [0.05, 0.1) is 0 Å². The first-order valence-electron chi connectivity index (χ1n) is 9.69. The van der Waals surface area contributed by atoms with Crippen molar-refractivity contribution in [1.29, 1.82) is 0 Å². The largest absolute Gasteiger partial charge is 1.00 e. The van der Waals surface area contributed by atoms with E-state index in [1.54, 1.807) is 0 Å². The zero-order chi connectivity index (χ0) is 19.8. The maximum atomic E-state index is 5.79. The lowest BCUT2D eigenvalue weighted by molar-refractivity contribution is -0.00000578. The average molecular weight is 425 g/mol. The Bertz CT molecular complexity index is 857. The van der Waals surface area contributed by atoms with Crippen LogP contribution < -0.4 is 17.7 Å². The minimum absolute atomic E-state index is 0. The van der Waals surface area contributed by atoms with Crippen molar-refractivity contribution in [1.82, 2.24) is 9.88 Å². The fraction of sp³-hybridized carbons (Fsp3) is 0.250. The summed E-state index contributed by atoms with van der Waals surface area (Å²) in [7, 11) is 0. The number of pyridine rings is 1. The third kappa shape index (κ3) is 7.15. The van der Waals surface area contributed by atoms with Gasteiger partial charge in [0.25, 0.3) is 0 Å². The zero-order valence-corrected chi connectivity index (χ0v) is 18.5. The van der Waals surface area contributed by atoms with E-state index in [0.717, 1.165) is 42.4 Å². The second-order valence-corrected chi connectivity index (χ2v) is 7.43. The lowest BCUT2D eigenvalue weighted by atomic mass is 10.1. The molecule has 0 aliphatic carbocycles. The van der Waals surface area contributed by atoms with E-state index in [1.165, 1.54) is 16.7 Å². The molecule has 2 aromatic carbocycles. The highest BCUT2D eigenvalue weighted by Gasteiger charge is 2.12. The molecule has 0 saturated carbocycles. The molecular formula is C24H27ClN3S-. The Morgan fingerprint density at radius 1 is 0.931 bits per heavy atom. The summed E-state index contributed by atoms with van der Waals surface area (Å²) < 4.78 is 0. The Hall–Kier alpha value is -2.43. The number of anilines is 1. The molecule has 3 rings (SSSR count). The first-order valence-corrected chi connectivity index (χ1v) is 10.1. The van der Waals surface area contributed by atoms with Gasteiger partial charge in [-0.05, 0) is 67.4 Å². The van der Waals surface area contributed by atoms with Crippen molar-refractivity contribution in [2.24, 2.45) is 0 Å². The number of hydrogen-bond donors (Lipinski definition) is 1. The number of thiocarbonyl (C=S) groups is 1. The van der Waals surface area contributed by atoms with Crippen LogP contribution in [-0.2, 0) is 12.8 Å². The van der Waals surface area contributed by atoms with Crippen molar-refractivity contribution in [3.63, 3.8) is 0 Å². The molecule has 29 heavy (non-hydrogen) atoms. The van der Waals surface area contributed by atoms with Gasteiger partial charge in [0.15, 0.2) is 5.11 Å². The lowest BCUT2D eigenvalue weighted by Crippen LogP contribution is -3.00. The van der Waals surface area contributed by atoms with Gasteiger partial charge in [0.1, 0.15) is 0 Å². The molecule has 1 aromatic heterocycles. The molecule has 1 N–H and O–H groups in total. The summed E-state index contributed by atoms with van der Waals surface area (Å²) in [6.07, 6.45) is 3.66. The molecule has 152 valence electrons. The molecule has 0 unspecified atom stereocenters. The van der Waals surface area contributed by atoms with Crippen molar-refractivity contribution < 1.29 is 12.4 Å². The molecule has 0 saturated heterocycles. The number of halogens is 1.